The minimum atomic E-state index is 0.413. The number of ether oxygens (including phenoxy) is 1. The predicted molar refractivity (Wildman–Crippen MR) is 76.7 cm³/mol. The van der Waals surface area contributed by atoms with Gasteiger partial charge in [0, 0.05) is 5.56 Å². The lowest BCUT2D eigenvalue weighted by Gasteiger charge is -2.10. The summed E-state index contributed by atoms with van der Waals surface area (Å²) >= 11 is 0. The second-order valence-electron chi connectivity index (χ2n) is 4.83. The van der Waals surface area contributed by atoms with Gasteiger partial charge < -0.3 is 4.74 Å². The van der Waals surface area contributed by atoms with Crippen LogP contribution in [-0.4, -0.2) is 6.29 Å². The number of rotatable bonds is 5. The van der Waals surface area contributed by atoms with Crippen molar-refractivity contribution < 1.29 is 9.53 Å². The summed E-state index contributed by atoms with van der Waals surface area (Å²) in [7, 11) is 0. The standard InChI is InChI=1S/C17H18O2/c1-13(2)14-7-9-17(10-8-14)19-12-16-6-4-3-5-15(16)11-18/h3-11,13H,12H2,1-2H3. The Morgan fingerprint density at radius 3 is 2.37 bits per heavy atom. The predicted octanol–water partition coefficient (Wildman–Crippen LogP) is 4.20. The van der Waals surface area contributed by atoms with Crippen molar-refractivity contribution in [1.29, 1.82) is 0 Å². The van der Waals surface area contributed by atoms with E-state index in [2.05, 4.69) is 26.0 Å². The van der Waals surface area contributed by atoms with Gasteiger partial charge >= 0.3 is 0 Å². The lowest BCUT2D eigenvalue weighted by molar-refractivity contribution is 0.112. The molecule has 0 fully saturated rings. The zero-order valence-electron chi connectivity index (χ0n) is 11.3. The van der Waals surface area contributed by atoms with Gasteiger partial charge in [-0.2, -0.15) is 0 Å². The van der Waals surface area contributed by atoms with Crippen LogP contribution in [0.15, 0.2) is 48.5 Å². The third-order valence-corrected chi connectivity index (χ3v) is 3.12. The topological polar surface area (TPSA) is 26.3 Å². The van der Waals surface area contributed by atoms with Crippen LogP contribution < -0.4 is 4.74 Å². The largest absolute Gasteiger partial charge is 0.489 e. The van der Waals surface area contributed by atoms with Crippen LogP contribution in [0.3, 0.4) is 0 Å². The van der Waals surface area contributed by atoms with E-state index in [0.717, 1.165) is 17.6 Å². The first kappa shape index (κ1) is 13.3. The highest BCUT2D eigenvalue weighted by Crippen LogP contribution is 2.19. The van der Waals surface area contributed by atoms with Crippen molar-refractivity contribution in [2.24, 2.45) is 0 Å². The van der Waals surface area contributed by atoms with Crippen molar-refractivity contribution >= 4 is 6.29 Å². The van der Waals surface area contributed by atoms with Gasteiger partial charge in [-0.3, -0.25) is 4.79 Å². The summed E-state index contributed by atoms with van der Waals surface area (Å²) in [6, 6.07) is 15.6. The second kappa shape index (κ2) is 6.19. The summed E-state index contributed by atoms with van der Waals surface area (Å²) in [5, 5.41) is 0. The number of benzene rings is 2. The molecule has 0 amide bonds. The van der Waals surface area contributed by atoms with Gasteiger partial charge in [-0.25, -0.2) is 0 Å². The van der Waals surface area contributed by atoms with Crippen LogP contribution >= 0.6 is 0 Å². The van der Waals surface area contributed by atoms with Crippen molar-refractivity contribution in [2.45, 2.75) is 26.4 Å². The molecule has 0 spiro atoms. The molecule has 0 aliphatic heterocycles. The van der Waals surface area contributed by atoms with Crippen molar-refractivity contribution in [3.05, 3.63) is 65.2 Å². The van der Waals surface area contributed by atoms with Crippen LogP contribution in [0, 0.1) is 0 Å². The first-order valence-corrected chi connectivity index (χ1v) is 6.46. The summed E-state index contributed by atoms with van der Waals surface area (Å²) < 4.78 is 5.71. The average Bonchev–Trinajstić information content (AvgIpc) is 2.45. The maximum atomic E-state index is 10.9. The normalized spacial score (nSPS) is 10.5. The quantitative estimate of drug-likeness (QED) is 0.747. The molecule has 0 aliphatic carbocycles. The molecule has 2 nitrogen and oxygen atoms in total. The van der Waals surface area contributed by atoms with Crippen LogP contribution in [0.2, 0.25) is 0 Å². The minimum Gasteiger partial charge on any atom is -0.489 e. The van der Waals surface area contributed by atoms with E-state index in [-0.39, 0.29) is 0 Å². The van der Waals surface area contributed by atoms with Crippen molar-refractivity contribution in [2.75, 3.05) is 0 Å². The molecule has 0 aliphatic rings. The Morgan fingerprint density at radius 1 is 1.05 bits per heavy atom. The Morgan fingerprint density at radius 2 is 1.74 bits per heavy atom. The van der Waals surface area contributed by atoms with E-state index in [1.165, 1.54) is 5.56 Å². The maximum absolute atomic E-state index is 10.9. The first-order valence-electron chi connectivity index (χ1n) is 6.46. The fourth-order valence-electron chi connectivity index (χ4n) is 1.89. The Hall–Kier alpha value is -2.09. The molecule has 0 aromatic heterocycles. The average molecular weight is 254 g/mol. The van der Waals surface area contributed by atoms with E-state index in [9.17, 15) is 4.79 Å². The van der Waals surface area contributed by atoms with Crippen molar-refractivity contribution in [1.82, 2.24) is 0 Å². The number of aldehydes is 1. The van der Waals surface area contributed by atoms with E-state index in [1.807, 2.05) is 30.3 Å². The smallest absolute Gasteiger partial charge is 0.150 e. The molecule has 0 heterocycles. The summed E-state index contributed by atoms with van der Waals surface area (Å²) in [6.07, 6.45) is 0.862. The fraction of sp³-hybridized carbons (Fsp3) is 0.235. The highest BCUT2D eigenvalue weighted by Gasteiger charge is 2.03. The Balaban J connectivity index is 2.04. The minimum absolute atomic E-state index is 0.413. The Bertz CT molecular complexity index is 541. The number of carbonyl (C=O) groups is 1. The third kappa shape index (κ3) is 3.44. The molecule has 0 atom stereocenters. The van der Waals surface area contributed by atoms with E-state index in [0.29, 0.717) is 18.1 Å². The van der Waals surface area contributed by atoms with Gasteiger partial charge in [-0.15, -0.1) is 0 Å². The molecule has 19 heavy (non-hydrogen) atoms. The molecule has 2 rings (SSSR count). The van der Waals surface area contributed by atoms with Gasteiger partial charge in [-0.1, -0.05) is 50.2 Å². The zero-order chi connectivity index (χ0) is 13.7. The van der Waals surface area contributed by atoms with Gasteiger partial charge in [0.15, 0.2) is 0 Å². The van der Waals surface area contributed by atoms with Crippen LogP contribution in [0.25, 0.3) is 0 Å². The number of carbonyl (C=O) groups excluding carboxylic acids is 1. The molecule has 98 valence electrons. The molecule has 0 unspecified atom stereocenters. The molecule has 0 N–H and O–H groups in total. The molecule has 0 radical (unpaired) electrons. The molecule has 0 saturated heterocycles. The molecular formula is C17H18O2. The van der Waals surface area contributed by atoms with Gasteiger partial charge in [0.1, 0.15) is 18.6 Å². The van der Waals surface area contributed by atoms with E-state index >= 15 is 0 Å². The zero-order valence-corrected chi connectivity index (χ0v) is 11.3. The summed E-state index contributed by atoms with van der Waals surface area (Å²) in [6.45, 7) is 4.74. The van der Waals surface area contributed by atoms with Crippen LogP contribution in [0.4, 0.5) is 0 Å². The van der Waals surface area contributed by atoms with Crippen LogP contribution in [0.1, 0.15) is 41.3 Å². The molecule has 0 bridgehead atoms. The third-order valence-electron chi connectivity index (χ3n) is 3.12. The molecule has 2 aromatic rings. The van der Waals surface area contributed by atoms with Crippen LogP contribution in [-0.2, 0) is 6.61 Å². The SMILES string of the molecule is CC(C)c1ccc(OCc2ccccc2C=O)cc1. The number of hydrogen-bond donors (Lipinski definition) is 0. The van der Waals surface area contributed by atoms with E-state index in [1.54, 1.807) is 6.07 Å². The Kier molecular flexibility index (Phi) is 4.35. The molecule has 2 heteroatoms. The number of hydrogen-bond acceptors (Lipinski definition) is 2. The Labute approximate surface area is 114 Å². The summed E-state index contributed by atoms with van der Waals surface area (Å²) in [5.41, 5.74) is 2.88. The second-order valence-corrected chi connectivity index (χ2v) is 4.83. The molecule has 0 saturated carbocycles. The summed E-state index contributed by atoms with van der Waals surface area (Å²) in [4.78, 5) is 10.9. The molecular weight excluding hydrogens is 236 g/mol. The van der Waals surface area contributed by atoms with Crippen molar-refractivity contribution in [3.8, 4) is 5.75 Å². The van der Waals surface area contributed by atoms with E-state index in [4.69, 9.17) is 4.74 Å². The lowest BCUT2D eigenvalue weighted by atomic mass is 10.0. The summed E-state index contributed by atoms with van der Waals surface area (Å²) in [5.74, 6) is 1.34. The monoisotopic (exact) mass is 254 g/mol. The van der Waals surface area contributed by atoms with Gasteiger partial charge in [0.05, 0.1) is 0 Å². The maximum Gasteiger partial charge on any atom is 0.150 e. The highest BCUT2D eigenvalue weighted by atomic mass is 16.5. The van der Waals surface area contributed by atoms with Gasteiger partial charge in [0.25, 0.3) is 0 Å². The first-order chi connectivity index (χ1) is 9.20. The van der Waals surface area contributed by atoms with Gasteiger partial charge in [0.2, 0.25) is 0 Å². The highest BCUT2D eigenvalue weighted by molar-refractivity contribution is 5.77. The van der Waals surface area contributed by atoms with Gasteiger partial charge in [-0.05, 0) is 29.2 Å². The fourth-order valence-corrected chi connectivity index (χ4v) is 1.89. The van der Waals surface area contributed by atoms with Crippen LogP contribution in [0.5, 0.6) is 5.75 Å². The molecule has 2 aromatic carbocycles. The lowest BCUT2D eigenvalue weighted by Crippen LogP contribution is -1.99. The van der Waals surface area contributed by atoms with Crippen molar-refractivity contribution in [3.63, 3.8) is 0 Å². The van der Waals surface area contributed by atoms with E-state index < -0.39 is 0 Å².